The Balaban J connectivity index is 2.18. The van der Waals surface area contributed by atoms with Crippen molar-refractivity contribution in [1.29, 1.82) is 0 Å². The van der Waals surface area contributed by atoms with Crippen LogP contribution in [-0.2, 0) is 42.8 Å². The van der Waals surface area contributed by atoms with Crippen molar-refractivity contribution >= 4 is 41.5 Å². The first-order valence-corrected chi connectivity index (χ1v) is 15.4. The summed E-state index contributed by atoms with van der Waals surface area (Å²) in [6, 6.07) is 4.84. The van der Waals surface area contributed by atoms with Gasteiger partial charge in [-0.2, -0.15) is 0 Å². The van der Waals surface area contributed by atoms with E-state index >= 15 is 0 Å². The van der Waals surface area contributed by atoms with E-state index in [1.807, 2.05) is 13.8 Å². The molecule has 1 aliphatic carbocycles. The van der Waals surface area contributed by atoms with Crippen molar-refractivity contribution in [2.24, 2.45) is 11.8 Å². The van der Waals surface area contributed by atoms with Gasteiger partial charge in [0.05, 0.1) is 25.2 Å². The molecule has 1 aromatic carbocycles. The zero-order chi connectivity index (χ0) is 34.1. The number of nitrogens with one attached hydrogen (secondary N) is 2. The molecular formula is C33H46N2O11. The second kappa shape index (κ2) is 19.1. The Morgan fingerprint density at radius 1 is 0.957 bits per heavy atom. The van der Waals surface area contributed by atoms with Gasteiger partial charge in [0.25, 0.3) is 0 Å². The number of methoxy groups -OCH3 is 1. The number of anilines is 2. The Hall–Kier alpha value is -4.55. The van der Waals surface area contributed by atoms with Crippen molar-refractivity contribution in [2.75, 3.05) is 37.6 Å². The highest BCUT2D eigenvalue weighted by atomic mass is 16.6. The van der Waals surface area contributed by atoms with Gasteiger partial charge >= 0.3 is 30.1 Å². The number of rotatable bonds is 17. The second-order valence-corrected chi connectivity index (χ2v) is 10.9. The fourth-order valence-corrected chi connectivity index (χ4v) is 5.19. The van der Waals surface area contributed by atoms with Gasteiger partial charge in [-0.05, 0) is 50.3 Å². The Bertz CT molecular complexity index is 1230. The minimum Gasteiger partial charge on any atom is -0.498 e. The third-order valence-corrected chi connectivity index (χ3v) is 7.90. The number of aryl methyl sites for hydroxylation is 1. The van der Waals surface area contributed by atoms with Crippen LogP contribution in [-0.4, -0.2) is 68.7 Å². The number of esters is 3. The van der Waals surface area contributed by atoms with Crippen molar-refractivity contribution in [3.05, 3.63) is 49.3 Å². The van der Waals surface area contributed by atoms with E-state index in [0.717, 1.165) is 18.9 Å². The van der Waals surface area contributed by atoms with Gasteiger partial charge in [0.1, 0.15) is 31.5 Å². The number of benzene rings is 1. The molecule has 0 heterocycles. The molecule has 2 amide bonds. The summed E-state index contributed by atoms with van der Waals surface area (Å²) in [5.41, 5.74) is 0.276. The molecule has 3 unspecified atom stereocenters. The summed E-state index contributed by atoms with van der Waals surface area (Å²) < 4.78 is 31.9. The van der Waals surface area contributed by atoms with Gasteiger partial charge in [0.15, 0.2) is 0 Å². The molecule has 0 bridgehead atoms. The van der Waals surface area contributed by atoms with Gasteiger partial charge in [-0.1, -0.05) is 45.9 Å². The van der Waals surface area contributed by atoms with E-state index in [1.54, 1.807) is 19.1 Å². The summed E-state index contributed by atoms with van der Waals surface area (Å²) in [6.45, 7) is 12.1. The van der Waals surface area contributed by atoms with E-state index in [-0.39, 0.29) is 26.2 Å². The molecule has 0 aromatic heterocycles. The van der Waals surface area contributed by atoms with Gasteiger partial charge < -0.3 is 28.4 Å². The molecule has 46 heavy (non-hydrogen) atoms. The molecule has 3 atom stereocenters. The number of ether oxygens (including phenoxy) is 6. The maximum absolute atomic E-state index is 13.5. The molecular weight excluding hydrogens is 600 g/mol. The van der Waals surface area contributed by atoms with E-state index in [9.17, 15) is 24.0 Å². The van der Waals surface area contributed by atoms with Gasteiger partial charge in [0, 0.05) is 23.9 Å². The first-order chi connectivity index (χ1) is 22.0. The smallest absolute Gasteiger partial charge is 0.412 e. The molecule has 1 aromatic rings. The van der Waals surface area contributed by atoms with Crippen molar-refractivity contribution in [3.8, 4) is 0 Å². The maximum atomic E-state index is 13.5. The summed E-state index contributed by atoms with van der Waals surface area (Å²) in [6.07, 6.45) is 2.99. The normalized spacial score (nSPS) is 16.5. The summed E-state index contributed by atoms with van der Waals surface area (Å²) in [5.74, 6) is -2.92. The van der Waals surface area contributed by atoms with Crippen LogP contribution in [0.3, 0.4) is 0 Å². The van der Waals surface area contributed by atoms with Crippen LogP contribution < -0.4 is 10.6 Å². The van der Waals surface area contributed by atoms with Crippen molar-refractivity contribution in [1.82, 2.24) is 0 Å². The van der Waals surface area contributed by atoms with Crippen molar-refractivity contribution < 1.29 is 52.4 Å². The number of carbonyl (C=O) groups excluding carboxylic acids is 5. The highest BCUT2D eigenvalue weighted by Crippen LogP contribution is 2.36. The molecule has 0 spiro atoms. The molecule has 2 rings (SSSR count). The predicted octanol–water partition coefficient (Wildman–Crippen LogP) is 5.82. The fraction of sp³-hybridized carbons (Fsp3) is 0.545. The van der Waals surface area contributed by atoms with Crippen LogP contribution in [0.4, 0.5) is 21.0 Å². The molecule has 13 nitrogen and oxygen atoms in total. The quantitative estimate of drug-likeness (QED) is 0.0689. The monoisotopic (exact) mass is 646 g/mol. The largest absolute Gasteiger partial charge is 0.498 e. The van der Waals surface area contributed by atoms with Gasteiger partial charge in [-0.25, -0.2) is 14.4 Å². The Morgan fingerprint density at radius 2 is 1.63 bits per heavy atom. The lowest BCUT2D eigenvalue weighted by molar-refractivity contribution is -0.177. The van der Waals surface area contributed by atoms with Crippen LogP contribution in [0.2, 0.25) is 0 Å². The summed E-state index contributed by atoms with van der Waals surface area (Å²) in [5, 5.41) is 5.22. The Morgan fingerprint density at radius 3 is 2.24 bits per heavy atom. The van der Waals surface area contributed by atoms with Gasteiger partial charge in [0.2, 0.25) is 0 Å². The molecule has 0 saturated heterocycles. The average molecular weight is 647 g/mol. The van der Waals surface area contributed by atoms with Crippen LogP contribution >= 0.6 is 0 Å². The molecule has 2 N–H and O–H groups in total. The third kappa shape index (κ3) is 11.8. The lowest BCUT2D eigenvalue weighted by Gasteiger charge is -2.37. The number of carbonyl (C=O) groups is 5. The lowest BCUT2D eigenvalue weighted by atomic mass is 9.79. The summed E-state index contributed by atoms with van der Waals surface area (Å²) >= 11 is 0. The lowest BCUT2D eigenvalue weighted by Crippen LogP contribution is -2.44. The molecule has 1 saturated carbocycles. The van der Waals surface area contributed by atoms with E-state index in [4.69, 9.17) is 28.4 Å². The van der Waals surface area contributed by atoms with Gasteiger partial charge in [-0.15, -0.1) is 0 Å². The molecule has 254 valence electrons. The highest BCUT2D eigenvalue weighted by Gasteiger charge is 2.42. The summed E-state index contributed by atoms with van der Waals surface area (Å²) in [4.78, 5) is 63.0. The standard InChI is InChI=1S/C33H46N2O11/c1-7-28(36)44-21-24(20-33(8-2,9-3)46-30(38)26-14-12-11-13-25(26)29(37)41-6)45-32(40)35-27-19-23(16-15-22(27)5)34-31(39)43-18-17-42-10-4/h7,10,15-16,19,24-26H,1,4,8-9,11-14,17-18,20-21H2,2-3,5-6H3,(H,34,39)(H,35,40). The van der Waals surface area contributed by atoms with E-state index in [1.165, 1.54) is 19.4 Å². The first-order valence-electron chi connectivity index (χ1n) is 15.4. The minimum atomic E-state index is -1.09. The molecule has 1 fully saturated rings. The Labute approximate surface area is 269 Å². The van der Waals surface area contributed by atoms with Crippen LogP contribution in [0.1, 0.15) is 64.4 Å². The third-order valence-electron chi connectivity index (χ3n) is 7.90. The van der Waals surface area contributed by atoms with E-state index in [0.29, 0.717) is 42.6 Å². The fourth-order valence-electron chi connectivity index (χ4n) is 5.19. The van der Waals surface area contributed by atoms with E-state index in [2.05, 4.69) is 23.8 Å². The second-order valence-electron chi connectivity index (χ2n) is 10.9. The highest BCUT2D eigenvalue weighted by molar-refractivity contribution is 5.90. The number of amides is 2. The van der Waals surface area contributed by atoms with E-state index < -0.39 is 53.6 Å². The Kier molecular flexibility index (Phi) is 15.6. The van der Waals surface area contributed by atoms with Crippen molar-refractivity contribution in [3.63, 3.8) is 0 Å². The zero-order valence-electron chi connectivity index (χ0n) is 27.1. The SMILES string of the molecule is C=COCCOC(=O)Nc1ccc(C)c(NC(=O)OC(COC(=O)C=C)CC(CC)(CC)OC(=O)C2CCCCC2C(=O)OC)c1. The topological polar surface area (TPSA) is 165 Å². The predicted molar refractivity (Wildman–Crippen MR) is 169 cm³/mol. The minimum absolute atomic E-state index is 0.0117. The first kappa shape index (κ1) is 37.6. The molecule has 13 heteroatoms. The van der Waals surface area contributed by atoms with Crippen LogP contribution in [0.5, 0.6) is 0 Å². The van der Waals surface area contributed by atoms with Crippen LogP contribution in [0.15, 0.2) is 43.7 Å². The molecule has 0 radical (unpaired) electrons. The maximum Gasteiger partial charge on any atom is 0.412 e. The van der Waals surface area contributed by atoms with Gasteiger partial charge in [-0.3, -0.25) is 20.2 Å². The number of hydrogen-bond donors (Lipinski definition) is 2. The zero-order valence-corrected chi connectivity index (χ0v) is 27.1. The molecule has 0 aliphatic heterocycles. The average Bonchev–Trinajstić information content (AvgIpc) is 3.06. The number of hydrogen-bond acceptors (Lipinski definition) is 11. The van der Waals surface area contributed by atoms with Crippen LogP contribution in [0.25, 0.3) is 0 Å². The van der Waals surface area contributed by atoms with Crippen molar-refractivity contribution in [2.45, 2.75) is 77.4 Å². The van der Waals surface area contributed by atoms with Crippen LogP contribution in [0, 0.1) is 18.8 Å². The summed E-state index contributed by atoms with van der Waals surface area (Å²) in [7, 11) is 1.30. The molecule has 1 aliphatic rings.